The molecule has 0 unspecified atom stereocenters. The lowest BCUT2D eigenvalue weighted by molar-refractivity contribution is -0.384. The first-order chi connectivity index (χ1) is 14.1. The topological polar surface area (TPSA) is 121 Å². The highest BCUT2D eigenvalue weighted by Crippen LogP contribution is 2.28. The maximum absolute atomic E-state index is 12.7. The minimum atomic E-state index is -0.703. The first kappa shape index (κ1) is 19.0. The lowest BCUT2D eigenvalue weighted by atomic mass is 10.1. The maximum atomic E-state index is 12.7. The molecule has 3 heterocycles. The van der Waals surface area contributed by atoms with Crippen LogP contribution in [0, 0.1) is 10.1 Å². The highest BCUT2D eigenvalue weighted by atomic mass is 32.1. The van der Waals surface area contributed by atoms with Crippen LogP contribution in [0.25, 0.3) is 10.8 Å². The quantitative estimate of drug-likeness (QED) is 0.339. The van der Waals surface area contributed by atoms with Gasteiger partial charge in [0.05, 0.1) is 34.3 Å². The molecule has 0 radical (unpaired) electrons. The van der Waals surface area contributed by atoms with Crippen molar-refractivity contribution in [3.05, 3.63) is 57.3 Å². The second kappa shape index (κ2) is 8.37. The maximum Gasteiger partial charge on any atom is 0.341 e. The average Bonchev–Trinajstić information content (AvgIpc) is 3.44. The van der Waals surface area contributed by atoms with Gasteiger partial charge in [-0.2, -0.15) is 0 Å². The second-order valence-corrected chi connectivity index (χ2v) is 7.06. The molecule has 0 spiro atoms. The summed E-state index contributed by atoms with van der Waals surface area (Å²) in [5, 5.41) is 20.8. The van der Waals surface area contributed by atoms with Crippen molar-refractivity contribution in [1.82, 2.24) is 10.2 Å². The van der Waals surface area contributed by atoms with Crippen LogP contribution in [-0.2, 0) is 16.1 Å². The smallest absolute Gasteiger partial charge is 0.341 e. The summed E-state index contributed by atoms with van der Waals surface area (Å²) in [7, 11) is 0. The van der Waals surface area contributed by atoms with Crippen molar-refractivity contribution >= 4 is 28.7 Å². The van der Waals surface area contributed by atoms with Crippen molar-refractivity contribution in [2.24, 2.45) is 0 Å². The first-order valence-electron chi connectivity index (χ1n) is 8.76. The second-order valence-electron chi connectivity index (χ2n) is 6.11. The summed E-state index contributed by atoms with van der Waals surface area (Å²) in [6, 6.07) is 7.84. The Balaban J connectivity index is 1.52. The van der Waals surface area contributed by atoms with Gasteiger partial charge >= 0.3 is 5.97 Å². The number of morpholine rings is 1. The summed E-state index contributed by atoms with van der Waals surface area (Å²) < 4.78 is 16.1. The van der Waals surface area contributed by atoms with E-state index in [9.17, 15) is 14.9 Å². The number of esters is 1. The lowest BCUT2D eigenvalue weighted by Gasteiger charge is -2.30. The highest BCUT2D eigenvalue weighted by molar-refractivity contribution is 7.13. The minimum Gasteiger partial charge on any atom is -0.452 e. The van der Waals surface area contributed by atoms with Gasteiger partial charge in [-0.1, -0.05) is 6.07 Å². The molecule has 1 aromatic carbocycles. The van der Waals surface area contributed by atoms with Gasteiger partial charge in [-0.05, 0) is 17.5 Å². The van der Waals surface area contributed by atoms with Crippen LogP contribution in [-0.4, -0.2) is 47.4 Å². The molecule has 0 N–H and O–H groups in total. The number of hydrogen-bond donors (Lipinski definition) is 0. The number of non-ortho nitro benzene ring substituents is 1. The van der Waals surface area contributed by atoms with Crippen LogP contribution in [0.2, 0.25) is 0 Å². The number of carbonyl (C=O) groups excluding carboxylic acids is 1. The first-order valence-corrected chi connectivity index (χ1v) is 9.64. The number of hydrogen-bond acceptors (Lipinski definition) is 10. The summed E-state index contributed by atoms with van der Waals surface area (Å²) in [6.45, 7) is 1.94. The molecule has 1 aliphatic rings. The zero-order valence-corrected chi connectivity index (χ0v) is 16.0. The van der Waals surface area contributed by atoms with Crippen LogP contribution < -0.4 is 4.90 Å². The standard InChI is InChI=1S/C18H16N4O6S/c23-18(27-11-16-19-20-17(28-16)15-2-1-9-29-15)13-10-12(22(24)25)3-4-14(13)21-5-7-26-8-6-21/h1-4,9-10H,5-8,11H2. The molecule has 1 saturated heterocycles. The predicted octanol–water partition coefficient (Wildman–Crippen LogP) is 2.90. The van der Waals surface area contributed by atoms with Gasteiger partial charge in [0.1, 0.15) is 0 Å². The van der Waals surface area contributed by atoms with Gasteiger partial charge in [-0.15, -0.1) is 21.5 Å². The molecular formula is C18H16N4O6S. The van der Waals surface area contributed by atoms with Crippen LogP contribution >= 0.6 is 11.3 Å². The van der Waals surface area contributed by atoms with Gasteiger partial charge in [0, 0.05) is 25.2 Å². The molecule has 2 aromatic heterocycles. The normalized spacial score (nSPS) is 14.0. The third-order valence-corrected chi connectivity index (χ3v) is 5.15. The molecule has 150 valence electrons. The van der Waals surface area contributed by atoms with E-state index >= 15 is 0 Å². The molecule has 3 aromatic rings. The van der Waals surface area contributed by atoms with E-state index in [1.165, 1.54) is 23.5 Å². The van der Waals surface area contributed by atoms with Gasteiger partial charge in [0.15, 0.2) is 6.61 Å². The molecule has 0 aliphatic carbocycles. The number of carbonyl (C=O) groups is 1. The van der Waals surface area contributed by atoms with Crippen LogP contribution in [0.4, 0.5) is 11.4 Å². The van der Waals surface area contributed by atoms with Crippen molar-refractivity contribution in [2.45, 2.75) is 6.61 Å². The molecule has 11 heteroatoms. The molecule has 0 bridgehead atoms. The number of nitro benzene ring substituents is 1. The number of ether oxygens (including phenoxy) is 2. The number of benzene rings is 1. The Hall–Kier alpha value is -3.31. The zero-order chi connectivity index (χ0) is 20.2. The van der Waals surface area contributed by atoms with Crippen LogP contribution in [0.5, 0.6) is 0 Å². The lowest BCUT2D eigenvalue weighted by Crippen LogP contribution is -2.37. The van der Waals surface area contributed by atoms with E-state index < -0.39 is 10.9 Å². The fourth-order valence-electron chi connectivity index (χ4n) is 2.90. The number of nitrogens with zero attached hydrogens (tertiary/aromatic N) is 4. The molecule has 0 saturated carbocycles. The summed E-state index contributed by atoms with van der Waals surface area (Å²) in [5.41, 5.74) is 0.486. The van der Waals surface area contributed by atoms with Gasteiger partial charge in [-0.3, -0.25) is 10.1 Å². The predicted molar refractivity (Wildman–Crippen MR) is 103 cm³/mol. The molecule has 0 amide bonds. The van der Waals surface area contributed by atoms with Crippen molar-refractivity contribution in [1.29, 1.82) is 0 Å². The molecule has 1 fully saturated rings. The fraction of sp³-hybridized carbons (Fsp3) is 0.278. The number of nitro groups is 1. The average molecular weight is 416 g/mol. The summed E-state index contributed by atoms with van der Waals surface area (Å²) in [5.74, 6) is -0.221. The summed E-state index contributed by atoms with van der Waals surface area (Å²) in [4.78, 5) is 26.0. The molecule has 0 atom stereocenters. The monoisotopic (exact) mass is 416 g/mol. The molecule has 29 heavy (non-hydrogen) atoms. The number of anilines is 1. The van der Waals surface area contributed by atoms with E-state index in [1.54, 1.807) is 6.07 Å². The van der Waals surface area contributed by atoms with E-state index in [1.807, 2.05) is 22.4 Å². The summed E-state index contributed by atoms with van der Waals surface area (Å²) in [6.07, 6.45) is 0. The summed E-state index contributed by atoms with van der Waals surface area (Å²) >= 11 is 1.45. The van der Waals surface area contributed by atoms with Crippen LogP contribution in [0.1, 0.15) is 16.2 Å². The van der Waals surface area contributed by atoms with E-state index in [0.717, 1.165) is 4.88 Å². The minimum absolute atomic E-state index is 0.110. The molecule has 4 rings (SSSR count). The number of aromatic nitrogens is 2. The van der Waals surface area contributed by atoms with Crippen molar-refractivity contribution in [2.75, 3.05) is 31.2 Å². The van der Waals surface area contributed by atoms with Crippen molar-refractivity contribution in [3.63, 3.8) is 0 Å². The number of thiophene rings is 1. The zero-order valence-electron chi connectivity index (χ0n) is 15.1. The fourth-order valence-corrected chi connectivity index (χ4v) is 3.54. The van der Waals surface area contributed by atoms with Gasteiger partial charge in [0.2, 0.25) is 0 Å². The van der Waals surface area contributed by atoms with E-state index in [0.29, 0.717) is 37.9 Å². The van der Waals surface area contributed by atoms with Gasteiger partial charge in [-0.25, -0.2) is 4.79 Å². The number of rotatable bonds is 6. The largest absolute Gasteiger partial charge is 0.452 e. The van der Waals surface area contributed by atoms with Crippen molar-refractivity contribution in [3.8, 4) is 10.8 Å². The van der Waals surface area contributed by atoms with Gasteiger partial charge in [0.25, 0.3) is 17.5 Å². The Kier molecular flexibility index (Phi) is 5.49. The highest BCUT2D eigenvalue weighted by Gasteiger charge is 2.23. The Morgan fingerprint density at radius 1 is 1.28 bits per heavy atom. The van der Waals surface area contributed by atoms with E-state index in [-0.39, 0.29) is 23.7 Å². The third-order valence-electron chi connectivity index (χ3n) is 4.29. The van der Waals surface area contributed by atoms with Crippen molar-refractivity contribution < 1.29 is 23.6 Å². The van der Waals surface area contributed by atoms with Gasteiger partial charge < -0.3 is 18.8 Å². The van der Waals surface area contributed by atoms with Crippen LogP contribution in [0.15, 0.2) is 40.1 Å². The molecular weight excluding hydrogens is 400 g/mol. The molecule has 1 aliphatic heterocycles. The van der Waals surface area contributed by atoms with E-state index in [2.05, 4.69) is 10.2 Å². The Bertz CT molecular complexity index is 1010. The third kappa shape index (κ3) is 4.25. The van der Waals surface area contributed by atoms with E-state index in [4.69, 9.17) is 13.9 Å². The van der Waals surface area contributed by atoms with Crippen LogP contribution in [0.3, 0.4) is 0 Å². The Morgan fingerprint density at radius 2 is 2.10 bits per heavy atom. The Morgan fingerprint density at radius 3 is 2.83 bits per heavy atom. The molecule has 10 nitrogen and oxygen atoms in total. The Labute approximate surface area is 168 Å². The SMILES string of the molecule is O=C(OCc1nnc(-c2cccs2)o1)c1cc([N+](=O)[O-])ccc1N1CCOCC1.